The Balaban J connectivity index is 1.31. The predicted molar refractivity (Wildman–Crippen MR) is 86.5 cm³/mol. The molecule has 1 saturated carbocycles. The van der Waals surface area contributed by atoms with Crippen molar-refractivity contribution in [1.29, 1.82) is 0 Å². The van der Waals surface area contributed by atoms with Crippen LogP contribution < -0.4 is 0 Å². The van der Waals surface area contributed by atoms with Crippen LogP contribution in [0.2, 0.25) is 0 Å². The average molecular weight is 345 g/mol. The minimum atomic E-state index is -0.138. The van der Waals surface area contributed by atoms with E-state index in [1.54, 1.807) is 4.90 Å². The number of hydrogen-bond donors (Lipinski definition) is 1. The first-order valence-electron chi connectivity index (χ1n) is 9.19. The third kappa shape index (κ3) is 2.30. The van der Waals surface area contributed by atoms with Crippen molar-refractivity contribution in [1.82, 2.24) is 25.0 Å². The Labute approximate surface area is 145 Å². The van der Waals surface area contributed by atoms with E-state index in [-0.39, 0.29) is 29.0 Å². The molecule has 134 valence electrons. The van der Waals surface area contributed by atoms with E-state index in [2.05, 4.69) is 20.1 Å². The highest BCUT2D eigenvalue weighted by atomic mass is 16.5. The van der Waals surface area contributed by atoms with Crippen molar-refractivity contribution >= 4 is 11.8 Å². The van der Waals surface area contributed by atoms with E-state index in [1.807, 2.05) is 0 Å². The first-order valence-corrected chi connectivity index (χ1v) is 9.19. The fraction of sp³-hybridized carbons (Fsp3) is 0.765. The Morgan fingerprint density at radius 2 is 2.20 bits per heavy atom. The van der Waals surface area contributed by atoms with Gasteiger partial charge in [0.1, 0.15) is 6.33 Å². The van der Waals surface area contributed by atoms with E-state index in [9.17, 15) is 9.59 Å². The number of carbonyl (C=O) groups excluding carboxylic acids is 2. The van der Waals surface area contributed by atoms with Crippen LogP contribution in [0.15, 0.2) is 6.33 Å². The fourth-order valence-electron chi connectivity index (χ4n) is 5.25. The predicted octanol–water partition coefficient (Wildman–Crippen LogP) is 0.294. The van der Waals surface area contributed by atoms with Gasteiger partial charge in [0.05, 0.1) is 12.5 Å². The van der Waals surface area contributed by atoms with Crippen LogP contribution in [0.5, 0.6) is 0 Å². The summed E-state index contributed by atoms with van der Waals surface area (Å²) in [6.45, 7) is 3.27. The van der Waals surface area contributed by atoms with Crippen LogP contribution in [0.1, 0.15) is 36.3 Å². The average Bonchev–Trinajstić information content (AvgIpc) is 3.35. The maximum Gasteiger partial charge on any atom is 0.291 e. The summed E-state index contributed by atoms with van der Waals surface area (Å²) in [5, 5.41) is 6.36. The number of amides is 2. The summed E-state index contributed by atoms with van der Waals surface area (Å²) < 4.78 is 5.66. The number of H-pyrrole nitrogens is 1. The highest BCUT2D eigenvalue weighted by molar-refractivity contribution is 5.91. The van der Waals surface area contributed by atoms with Gasteiger partial charge in [-0.15, -0.1) is 0 Å². The molecule has 2 amide bonds. The number of nitrogens with zero attached hydrogens (tertiary/aromatic N) is 4. The van der Waals surface area contributed by atoms with Crippen LogP contribution in [0.25, 0.3) is 0 Å². The Kier molecular flexibility index (Phi) is 3.38. The number of nitrogens with one attached hydrogen (secondary N) is 1. The summed E-state index contributed by atoms with van der Waals surface area (Å²) in [7, 11) is 0. The summed E-state index contributed by atoms with van der Waals surface area (Å²) in [5.41, 5.74) is -0.132. The number of hydrogen-bond acceptors (Lipinski definition) is 5. The number of piperidine rings is 1. The molecule has 2 bridgehead atoms. The molecular weight excluding hydrogens is 322 g/mol. The zero-order valence-electron chi connectivity index (χ0n) is 14.2. The van der Waals surface area contributed by atoms with Gasteiger partial charge in [-0.2, -0.15) is 5.10 Å². The Morgan fingerprint density at radius 1 is 1.32 bits per heavy atom. The first kappa shape index (κ1) is 15.3. The smallest absolute Gasteiger partial charge is 0.291 e. The van der Waals surface area contributed by atoms with Crippen molar-refractivity contribution in [2.75, 3.05) is 32.8 Å². The van der Waals surface area contributed by atoms with Gasteiger partial charge in [0.15, 0.2) is 0 Å². The molecule has 1 spiro atoms. The van der Waals surface area contributed by atoms with Gasteiger partial charge in [-0.05, 0) is 31.6 Å². The van der Waals surface area contributed by atoms with Crippen molar-refractivity contribution in [2.24, 2.45) is 17.3 Å². The molecule has 3 saturated heterocycles. The zero-order valence-corrected chi connectivity index (χ0v) is 14.2. The lowest BCUT2D eigenvalue weighted by atomic mass is 9.65. The summed E-state index contributed by atoms with van der Waals surface area (Å²) in [6, 6.07) is 0.434. The van der Waals surface area contributed by atoms with Crippen LogP contribution in [0, 0.1) is 17.3 Å². The van der Waals surface area contributed by atoms with Crippen LogP contribution in [-0.2, 0) is 9.53 Å². The molecule has 3 aliphatic heterocycles. The van der Waals surface area contributed by atoms with Crippen LogP contribution >= 0.6 is 0 Å². The normalized spacial score (nSPS) is 32.9. The summed E-state index contributed by atoms with van der Waals surface area (Å²) in [4.78, 5) is 33.4. The molecule has 4 aliphatic rings. The minimum absolute atomic E-state index is 0.126. The summed E-state index contributed by atoms with van der Waals surface area (Å²) in [6.07, 6.45) is 5.76. The molecule has 1 aromatic heterocycles. The van der Waals surface area contributed by atoms with Gasteiger partial charge < -0.3 is 14.5 Å². The second-order valence-corrected chi connectivity index (χ2v) is 8.06. The zero-order chi connectivity index (χ0) is 17.0. The van der Waals surface area contributed by atoms with Gasteiger partial charge in [0, 0.05) is 37.7 Å². The quantitative estimate of drug-likeness (QED) is 0.832. The van der Waals surface area contributed by atoms with Crippen LogP contribution in [0.3, 0.4) is 0 Å². The number of carbonyl (C=O) groups is 2. The fourth-order valence-corrected chi connectivity index (χ4v) is 5.25. The highest BCUT2D eigenvalue weighted by Crippen LogP contribution is 2.47. The van der Waals surface area contributed by atoms with Gasteiger partial charge in [-0.3, -0.25) is 14.7 Å². The topological polar surface area (TPSA) is 91.4 Å². The standard InChI is InChI=1S/C17H23N5O3/c23-15(22-6-11-1-2-12(22)5-11)13-7-25-4-3-17(13)8-21(9-17)16(24)14-18-10-19-20-14/h10-13H,1-9H2,(H,18,19,20)/t11-,12-,13+/m1/s1. The largest absolute Gasteiger partial charge is 0.381 e. The molecule has 0 radical (unpaired) electrons. The molecule has 5 rings (SSSR count). The third-order valence-corrected chi connectivity index (χ3v) is 6.67. The van der Waals surface area contributed by atoms with Crippen LogP contribution in [-0.4, -0.2) is 75.7 Å². The molecule has 0 aromatic carbocycles. The minimum Gasteiger partial charge on any atom is -0.381 e. The molecule has 1 aliphatic carbocycles. The number of fused-ring (bicyclic) bond motifs is 2. The van der Waals surface area contributed by atoms with E-state index >= 15 is 0 Å². The summed E-state index contributed by atoms with van der Waals surface area (Å²) >= 11 is 0. The van der Waals surface area contributed by atoms with Crippen molar-refractivity contribution in [3.8, 4) is 0 Å². The lowest BCUT2D eigenvalue weighted by molar-refractivity contribution is -0.163. The third-order valence-electron chi connectivity index (χ3n) is 6.67. The van der Waals surface area contributed by atoms with E-state index in [0.717, 1.165) is 19.4 Å². The maximum atomic E-state index is 13.2. The van der Waals surface area contributed by atoms with E-state index < -0.39 is 0 Å². The molecular formula is C17H23N5O3. The molecule has 3 atom stereocenters. The number of aromatic nitrogens is 3. The molecule has 0 unspecified atom stereocenters. The Bertz CT molecular complexity index is 684. The second kappa shape index (κ2) is 5.52. The lowest BCUT2D eigenvalue weighted by Crippen LogP contribution is -2.67. The second-order valence-electron chi connectivity index (χ2n) is 8.06. The van der Waals surface area contributed by atoms with Crippen molar-refractivity contribution in [3.05, 3.63) is 12.2 Å². The Hall–Kier alpha value is -1.96. The number of rotatable bonds is 2. The van der Waals surface area contributed by atoms with Crippen molar-refractivity contribution in [3.63, 3.8) is 0 Å². The van der Waals surface area contributed by atoms with Gasteiger partial charge in [-0.1, -0.05) is 0 Å². The van der Waals surface area contributed by atoms with Crippen molar-refractivity contribution < 1.29 is 14.3 Å². The number of likely N-dealkylation sites (tertiary alicyclic amines) is 2. The van der Waals surface area contributed by atoms with Gasteiger partial charge in [0.25, 0.3) is 5.91 Å². The van der Waals surface area contributed by atoms with Gasteiger partial charge in [0.2, 0.25) is 11.7 Å². The molecule has 25 heavy (non-hydrogen) atoms. The number of aromatic amines is 1. The summed E-state index contributed by atoms with van der Waals surface area (Å²) in [5.74, 6) is 0.945. The maximum absolute atomic E-state index is 13.2. The highest BCUT2D eigenvalue weighted by Gasteiger charge is 2.56. The SMILES string of the molecule is O=C(c1ncn[nH]1)N1CC2(CCOC[C@H]2C(=O)N2C[C@@H]3CC[C@@H]2C3)C1. The van der Waals surface area contributed by atoms with Gasteiger partial charge >= 0.3 is 0 Å². The molecule has 4 heterocycles. The lowest BCUT2D eigenvalue weighted by Gasteiger charge is -2.55. The molecule has 1 aromatic rings. The Morgan fingerprint density at radius 3 is 2.88 bits per heavy atom. The van der Waals surface area contributed by atoms with Crippen LogP contribution in [0.4, 0.5) is 0 Å². The van der Waals surface area contributed by atoms with Crippen molar-refractivity contribution in [2.45, 2.75) is 31.7 Å². The molecule has 8 heteroatoms. The molecule has 8 nitrogen and oxygen atoms in total. The number of ether oxygens (including phenoxy) is 1. The molecule has 1 N–H and O–H groups in total. The van der Waals surface area contributed by atoms with E-state index in [0.29, 0.717) is 38.3 Å². The molecule has 4 fully saturated rings. The van der Waals surface area contributed by atoms with E-state index in [1.165, 1.54) is 19.2 Å². The van der Waals surface area contributed by atoms with Gasteiger partial charge in [-0.25, -0.2) is 4.98 Å². The van der Waals surface area contributed by atoms with E-state index in [4.69, 9.17) is 4.74 Å². The first-order chi connectivity index (χ1) is 12.2. The monoisotopic (exact) mass is 345 g/mol.